The Morgan fingerprint density at radius 1 is 1.00 bits per heavy atom. The Labute approximate surface area is 123 Å². The zero-order chi connectivity index (χ0) is 14.1. The molecule has 19 heavy (non-hydrogen) atoms. The number of hydrogen-bond acceptors (Lipinski definition) is 4. The van der Waals surface area contributed by atoms with Crippen LogP contribution in [0.15, 0.2) is 12.1 Å². The fraction of sp³-hybridized carbons (Fsp3) is 0.571. The molecule has 108 valence electrons. The molecule has 1 aromatic rings. The molecule has 0 saturated heterocycles. The highest BCUT2D eigenvalue weighted by molar-refractivity contribution is 9.08. The third kappa shape index (κ3) is 4.91. The van der Waals surface area contributed by atoms with Gasteiger partial charge in [0.2, 0.25) is 5.75 Å². The van der Waals surface area contributed by atoms with Crippen molar-refractivity contribution in [3.8, 4) is 17.2 Å². The third-order valence-corrected chi connectivity index (χ3v) is 3.14. The van der Waals surface area contributed by atoms with Gasteiger partial charge in [0, 0.05) is 11.9 Å². The molecule has 0 aliphatic heterocycles. The van der Waals surface area contributed by atoms with Crippen LogP contribution in [0.2, 0.25) is 0 Å². The molecule has 0 aliphatic carbocycles. The van der Waals surface area contributed by atoms with E-state index in [4.69, 9.17) is 18.9 Å². The van der Waals surface area contributed by atoms with E-state index in [-0.39, 0.29) is 0 Å². The number of alkyl halides is 1. The topological polar surface area (TPSA) is 36.9 Å². The Kier molecular flexibility index (Phi) is 7.67. The number of rotatable bonds is 9. The maximum absolute atomic E-state index is 5.71. The first-order chi connectivity index (χ1) is 9.26. The molecule has 0 spiro atoms. The van der Waals surface area contributed by atoms with Crippen LogP contribution in [0.25, 0.3) is 0 Å². The summed E-state index contributed by atoms with van der Waals surface area (Å²) < 4.78 is 21.8. The van der Waals surface area contributed by atoms with Crippen LogP contribution in [0.5, 0.6) is 17.2 Å². The maximum Gasteiger partial charge on any atom is 0.203 e. The molecule has 0 bridgehead atoms. The monoisotopic (exact) mass is 332 g/mol. The largest absolute Gasteiger partial charge is 0.493 e. The summed E-state index contributed by atoms with van der Waals surface area (Å²) >= 11 is 3.42. The van der Waals surface area contributed by atoms with Gasteiger partial charge in [-0.3, -0.25) is 0 Å². The minimum absolute atomic E-state index is 0.473. The summed E-state index contributed by atoms with van der Waals surface area (Å²) in [6.07, 6.45) is 1.01. The van der Waals surface area contributed by atoms with Gasteiger partial charge in [0.25, 0.3) is 0 Å². The van der Waals surface area contributed by atoms with E-state index in [0.717, 1.165) is 23.9 Å². The van der Waals surface area contributed by atoms with Crippen molar-refractivity contribution in [1.82, 2.24) is 0 Å². The maximum atomic E-state index is 5.71. The fourth-order valence-corrected chi connectivity index (χ4v) is 1.93. The van der Waals surface area contributed by atoms with E-state index in [2.05, 4.69) is 22.9 Å². The second kappa shape index (κ2) is 9.04. The minimum atomic E-state index is 0.473. The molecule has 0 heterocycles. The van der Waals surface area contributed by atoms with Crippen molar-refractivity contribution < 1.29 is 18.9 Å². The SMILES string of the molecule is CCCOCCOc1c(OC)cc(CBr)cc1OC. The van der Waals surface area contributed by atoms with Crippen LogP contribution < -0.4 is 14.2 Å². The van der Waals surface area contributed by atoms with Crippen LogP contribution in [0.1, 0.15) is 18.9 Å². The van der Waals surface area contributed by atoms with Gasteiger partial charge in [-0.2, -0.15) is 0 Å². The fourth-order valence-electron chi connectivity index (χ4n) is 1.60. The van der Waals surface area contributed by atoms with Crippen molar-refractivity contribution in [2.45, 2.75) is 18.7 Å². The van der Waals surface area contributed by atoms with Gasteiger partial charge >= 0.3 is 0 Å². The van der Waals surface area contributed by atoms with Crippen LogP contribution >= 0.6 is 15.9 Å². The van der Waals surface area contributed by atoms with Gasteiger partial charge in [-0.1, -0.05) is 22.9 Å². The Hall–Kier alpha value is -0.940. The molecule has 4 nitrogen and oxygen atoms in total. The highest BCUT2D eigenvalue weighted by Crippen LogP contribution is 2.38. The first-order valence-electron chi connectivity index (χ1n) is 6.28. The van der Waals surface area contributed by atoms with E-state index in [0.29, 0.717) is 30.5 Å². The predicted octanol–water partition coefficient (Wildman–Crippen LogP) is 3.40. The Bertz CT molecular complexity index is 357. The lowest BCUT2D eigenvalue weighted by atomic mass is 10.2. The highest BCUT2D eigenvalue weighted by Gasteiger charge is 2.13. The van der Waals surface area contributed by atoms with Crippen molar-refractivity contribution >= 4 is 15.9 Å². The number of hydrogen-bond donors (Lipinski definition) is 0. The van der Waals surface area contributed by atoms with Crippen LogP contribution in [0.3, 0.4) is 0 Å². The smallest absolute Gasteiger partial charge is 0.203 e. The first kappa shape index (κ1) is 16.1. The third-order valence-electron chi connectivity index (χ3n) is 2.50. The van der Waals surface area contributed by atoms with Crippen molar-refractivity contribution in [3.63, 3.8) is 0 Å². The molecule has 0 amide bonds. The molecule has 0 N–H and O–H groups in total. The average Bonchev–Trinajstić information content (AvgIpc) is 2.46. The Morgan fingerprint density at radius 3 is 2.11 bits per heavy atom. The number of benzene rings is 1. The molecule has 0 radical (unpaired) electrons. The van der Waals surface area contributed by atoms with Crippen LogP contribution in [0.4, 0.5) is 0 Å². The van der Waals surface area contributed by atoms with Gasteiger partial charge in [-0.25, -0.2) is 0 Å². The Morgan fingerprint density at radius 2 is 1.63 bits per heavy atom. The van der Waals surface area contributed by atoms with Gasteiger partial charge in [-0.15, -0.1) is 0 Å². The van der Waals surface area contributed by atoms with E-state index in [9.17, 15) is 0 Å². The second-order valence-electron chi connectivity index (χ2n) is 3.92. The summed E-state index contributed by atoms with van der Waals surface area (Å²) in [5.74, 6) is 1.96. The van der Waals surface area contributed by atoms with E-state index in [1.807, 2.05) is 12.1 Å². The minimum Gasteiger partial charge on any atom is -0.493 e. The second-order valence-corrected chi connectivity index (χ2v) is 4.48. The number of ether oxygens (including phenoxy) is 4. The van der Waals surface area contributed by atoms with E-state index in [1.165, 1.54) is 0 Å². The summed E-state index contributed by atoms with van der Waals surface area (Å²) in [6.45, 7) is 3.85. The highest BCUT2D eigenvalue weighted by atomic mass is 79.9. The van der Waals surface area contributed by atoms with Crippen molar-refractivity contribution in [2.24, 2.45) is 0 Å². The van der Waals surface area contributed by atoms with Crippen LogP contribution in [0, 0.1) is 0 Å². The zero-order valence-electron chi connectivity index (χ0n) is 11.7. The lowest BCUT2D eigenvalue weighted by Crippen LogP contribution is -2.08. The molecule has 1 rings (SSSR count). The van der Waals surface area contributed by atoms with Crippen molar-refractivity contribution in [2.75, 3.05) is 34.0 Å². The molecule has 1 aromatic carbocycles. The van der Waals surface area contributed by atoms with Gasteiger partial charge in [0.05, 0.1) is 20.8 Å². The summed E-state index contributed by atoms with van der Waals surface area (Å²) in [5, 5.41) is 0.736. The summed E-state index contributed by atoms with van der Waals surface area (Å²) in [6, 6.07) is 3.86. The molecule has 5 heteroatoms. The predicted molar refractivity (Wildman–Crippen MR) is 78.8 cm³/mol. The van der Waals surface area contributed by atoms with Gasteiger partial charge in [0.1, 0.15) is 6.61 Å². The molecule has 0 fully saturated rings. The molecule has 0 atom stereocenters. The zero-order valence-corrected chi connectivity index (χ0v) is 13.3. The van der Waals surface area contributed by atoms with Gasteiger partial charge < -0.3 is 18.9 Å². The normalized spacial score (nSPS) is 10.3. The average molecular weight is 333 g/mol. The van der Waals surface area contributed by atoms with Gasteiger partial charge in [-0.05, 0) is 24.1 Å². The Balaban J connectivity index is 2.73. The first-order valence-corrected chi connectivity index (χ1v) is 7.40. The quantitative estimate of drug-likeness (QED) is 0.513. The van der Waals surface area contributed by atoms with Crippen LogP contribution in [-0.2, 0) is 10.1 Å². The van der Waals surface area contributed by atoms with Gasteiger partial charge in [0.15, 0.2) is 11.5 Å². The number of methoxy groups -OCH3 is 2. The number of halogens is 1. The standard InChI is InChI=1S/C14H21BrO4/c1-4-5-18-6-7-19-14-12(16-2)8-11(10-15)9-13(14)17-3/h8-9H,4-7,10H2,1-3H3. The molecular weight excluding hydrogens is 312 g/mol. The summed E-state index contributed by atoms with van der Waals surface area (Å²) in [7, 11) is 3.24. The molecular formula is C14H21BrO4. The van der Waals surface area contributed by atoms with E-state index >= 15 is 0 Å². The van der Waals surface area contributed by atoms with E-state index < -0.39 is 0 Å². The van der Waals surface area contributed by atoms with Crippen molar-refractivity contribution in [1.29, 1.82) is 0 Å². The van der Waals surface area contributed by atoms with Crippen molar-refractivity contribution in [3.05, 3.63) is 17.7 Å². The molecule has 0 saturated carbocycles. The molecule has 0 aromatic heterocycles. The van der Waals surface area contributed by atoms with E-state index in [1.54, 1.807) is 14.2 Å². The summed E-state index contributed by atoms with van der Waals surface area (Å²) in [4.78, 5) is 0. The lowest BCUT2D eigenvalue weighted by Gasteiger charge is -2.15. The van der Waals surface area contributed by atoms with Crippen LogP contribution in [-0.4, -0.2) is 34.0 Å². The summed E-state index contributed by atoms with van der Waals surface area (Å²) in [5.41, 5.74) is 1.07. The molecule has 0 aliphatic rings. The molecule has 0 unspecified atom stereocenters. The lowest BCUT2D eigenvalue weighted by molar-refractivity contribution is 0.0983.